The van der Waals surface area contributed by atoms with Crippen molar-refractivity contribution in [1.29, 1.82) is 0 Å². The Morgan fingerprint density at radius 3 is 2.71 bits per heavy atom. The van der Waals surface area contributed by atoms with Crippen LogP contribution in [0.4, 0.5) is 0 Å². The molecule has 1 fully saturated rings. The van der Waals surface area contributed by atoms with Crippen LogP contribution in [0, 0.1) is 5.92 Å². The number of carbonyl (C=O) groups excluding carboxylic acids is 1. The summed E-state index contributed by atoms with van der Waals surface area (Å²) in [5.74, 6) is 1.78. The lowest BCUT2D eigenvalue weighted by Gasteiger charge is -2.19. The summed E-state index contributed by atoms with van der Waals surface area (Å²) in [6, 6.07) is 5.84. The number of amides is 1. The molecule has 1 aliphatic carbocycles. The van der Waals surface area contributed by atoms with Crippen molar-refractivity contribution < 1.29 is 14.3 Å². The fraction of sp³-hybridized carbons (Fsp3) is 0.611. The Kier molecular flexibility index (Phi) is 8.36. The predicted molar refractivity (Wildman–Crippen MR) is 97.9 cm³/mol. The van der Waals surface area contributed by atoms with E-state index in [9.17, 15) is 4.79 Å². The van der Waals surface area contributed by atoms with Gasteiger partial charge in [0.05, 0.1) is 19.8 Å². The molecule has 6 heteroatoms. The van der Waals surface area contributed by atoms with E-state index < -0.39 is 0 Å². The number of methoxy groups -OCH3 is 1. The zero-order valence-corrected chi connectivity index (χ0v) is 15.5. The highest BCUT2D eigenvalue weighted by molar-refractivity contribution is 5.85. The lowest BCUT2D eigenvalue weighted by molar-refractivity contribution is -0.122. The van der Waals surface area contributed by atoms with Crippen LogP contribution in [0.2, 0.25) is 0 Å². The molecule has 1 aromatic rings. The molecule has 1 aliphatic rings. The molecule has 1 aromatic carbocycles. The topological polar surface area (TPSA) is 73.6 Å². The maximum Gasteiger partial charge on any atom is 0.220 e. The van der Waals surface area contributed by atoms with Crippen LogP contribution < -0.4 is 20.5 Å². The second kappa shape index (κ2) is 9.74. The molecular weight excluding hydrogens is 328 g/mol. The van der Waals surface area contributed by atoms with Gasteiger partial charge in [0.2, 0.25) is 5.91 Å². The third-order valence-electron chi connectivity index (χ3n) is 4.53. The molecule has 1 saturated carbocycles. The zero-order valence-electron chi connectivity index (χ0n) is 14.7. The molecule has 3 atom stereocenters. The summed E-state index contributed by atoms with van der Waals surface area (Å²) in [5.41, 5.74) is 7.04. The second-order valence-corrected chi connectivity index (χ2v) is 6.19. The van der Waals surface area contributed by atoms with Gasteiger partial charge >= 0.3 is 0 Å². The monoisotopic (exact) mass is 356 g/mol. The van der Waals surface area contributed by atoms with Gasteiger partial charge in [0.1, 0.15) is 0 Å². The van der Waals surface area contributed by atoms with E-state index >= 15 is 0 Å². The predicted octanol–water partition coefficient (Wildman–Crippen LogP) is 3.21. The first kappa shape index (κ1) is 20.6. The lowest BCUT2D eigenvalue weighted by atomic mass is 9.99. The van der Waals surface area contributed by atoms with Crippen molar-refractivity contribution in [3.8, 4) is 11.5 Å². The summed E-state index contributed by atoms with van der Waals surface area (Å²) < 4.78 is 10.9. The molecule has 0 spiro atoms. The molecule has 1 amide bonds. The molecule has 0 bridgehead atoms. The van der Waals surface area contributed by atoms with E-state index in [1.54, 1.807) is 7.11 Å². The molecule has 136 valence electrons. The van der Waals surface area contributed by atoms with E-state index in [0.717, 1.165) is 24.8 Å². The first-order valence-corrected chi connectivity index (χ1v) is 8.40. The molecule has 0 heterocycles. The minimum absolute atomic E-state index is 0. The summed E-state index contributed by atoms with van der Waals surface area (Å²) >= 11 is 0. The lowest BCUT2D eigenvalue weighted by Crippen LogP contribution is -2.32. The first-order chi connectivity index (χ1) is 11.0. The summed E-state index contributed by atoms with van der Waals surface area (Å²) in [6.45, 7) is 4.50. The number of nitrogens with two attached hydrogens (primary N) is 1. The zero-order chi connectivity index (χ0) is 16.8. The number of rotatable bonds is 7. The molecule has 3 N–H and O–H groups in total. The molecular formula is C18H29ClN2O3. The van der Waals surface area contributed by atoms with Gasteiger partial charge in [-0.1, -0.05) is 12.5 Å². The highest BCUT2D eigenvalue weighted by Crippen LogP contribution is 2.31. The molecule has 0 aliphatic heterocycles. The molecule has 24 heavy (non-hydrogen) atoms. The van der Waals surface area contributed by atoms with Gasteiger partial charge in [-0.25, -0.2) is 0 Å². The number of carbonyl (C=O) groups is 1. The number of ether oxygens (including phenoxy) is 2. The van der Waals surface area contributed by atoms with Crippen LogP contribution in [0.25, 0.3) is 0 Å². The number of hydrogen-bond acceptors (Lipinski definition) is 4. The normalized spacial score (nSPS) is 20.8. The van der Waals surface area contributed by atoms with E-state index in [1.165, 1.54) is 0 Å². The Labute approximate surface area is 150 Å². The maximum absolute atomic E-state index is 12.2. The van der Waals surface area contributed by atoms with Crippen LogP contribution in [-0.4, -0.2) is 25.7 Å². The average Bonchev–Trinajstić information content (AvgIpc) is 2.92. The number of halogens is 1. The van der Waals surface area contributed by atoms with E-state index in [2.05, 4.69) is 5.32 Å². The Morgan fingerprint density at radius 2 is 2.12 bits per heavy atom. The van der Waals surface area contributed by atoms with Crippen LogP contribution in [-0.2, 0) is 4.79 Å². The Hall–Kier alpha value is -1.46. The Balaban J connectivity index is 0.00000288. The highest BCUT2D eigenvalue weighted by Gasteiger charge is 2.26. The van der Waals surface area contributed by atoms with Crippen LogP contribution in [0.1, 0.15) is 51.1 Å². The average molecular weight is 357 g/mol. The standard InChI is InChI=1S/C18H28N2O3.ClH/c1-4-23-16-9-8-13(10-17(16)22-3)12(2)20-18(21)11-14-6-5-7-15(14)19;/h8-10,12,14-15H,4-7,11,19H2,1-3H3,(H,20,21);1H/t12?,14-,15+;/m0./s1. The van der Waals surface area contributed by atoms with Crippen molar-refractivity contribution in [2.45, 2.75) is 51.6 Å². The van der Waals surface area contributed by atoms with Gasteiger partial charge < -0.3 is 20.5 Å². The maximum atomic E-state index is 12.2. The summed E-state index contributed by atoms with van der Waals surface area (Å²) in [5, 5.41) is 3.06. The molecule has 0 saturated heterocycles. The summed E-state index contributed by atoms with van der Waals surface area (Å²) in [7, 11) is 1.62. The van der Waals surface area contributed by atoms with Crippen molar-refractivity contribution in [2.75, 3.05) is 13.7 Å². The van der Waals surface area contributed by atoms with Gasteiger partial charge in [-0.3, -0.25) is 4.79 Å². The fourth-order valence-corrected chi connectivity index (χ4v) is 3.17. The van der Waals surface area contributed by atoms with Gasteiger partial charge in [-0.15, -0.1) is 12.4 Å². The smallest absolute Gasteiger partial charge is 0.220 e. The number of nitrogens with one attached hydrogen (secondary N) is 1. The van der Waals surface area contributed by atoms with Crippen molar-refractivity contribution in [3.63, 3.8) is 0 Å². The number of benzene rings is 1. The van der Waals surface area contributed by atoms with E-state index in [1.807, 2.05) is 32.0 Å². The van der Waals surface area contributed by atoms with Gasteiger partial charge in [0, 0.05) is 12.5 Å². The van der Waals surface area contributed by atoms with E-state index in [-0.39, 0.29) is 30.4 Å². The second-order valence-electron chi connectivity index (χ2n) is 6.19. The van der Waals surface area contributed by atoms with E-state index in [4.69, 9.17) is 15.2 Å². The minimum Gasteiger partial charge on any atom is -0.493 e. The molecule has 2 rings (SSSR count). The Morgan fingerprint density at radius 1 is 1.38 bits per heavy atom. The van der Waals surface area contributed by atoms with Crippen LogP contribution in [0.15, 0.2) is 18.2 Å². The van der Waals surface area contributed by atoms with Crippen LogP contribution in [0.5, 0.6) is 11.5 Å². The van der Waals surface area contributed by atoms with Gasteiger partial charge in [0.15, 0.2) is 11.5 Å². The van der Waals surface area contributed by atoms with Gasteiger partial charge in [-0.2, -0.15) is 0 Å². The first-order valence-electron chi connectivity index (χ1n) is 8.40. The third kappa shape index (κ3) is 5.28. The SMILES string of the molecule is CCOc1ccc(C(C)NC(=O)C[C@@H]2CCC[C@H]2N)cc1OC.Cl. The molecule has 5 nitrogen and oxygen atoms in total. The molecule has 0 radical (unpaired) electrons. The molecule has 0 aromatic heterocycles. The summed E-state index contributed by atoms with van der Waals surface area (Å²) in [6.07, 6.45) is 3.73. The van der Waals surface area contributed by atoms with E-state index in [0.29, 0.717) is 30.4 Å². The number of hydrogen-bond donors (Lipinski definition) is 2. The largest absolute Gasteiger partial charge is 0.493 e. The fourth-order valence-electron chi connectivity index (χ4n) is 3.17. The highest BCUT2D eigenvalue weighted by atomic mass is 35.5. The minimum atomic E-state index is -0.0790. The van der Waals surface area contributed by atoms with Crippen LogP contribution >= 0.6 is 12.4 Å². The van der Waals surface area contributed by atoms with Gasteiger partial charge in [0.25, 0.3) is 0 Å². The van der Waals surface area contributed by atoms with Gasteiger partial charge in [-0.05, 0) is 50.3 Å². The van der Waals surface area contributed by atoms with Crippen molar-refractivity contribution in [1.82, 2.24) is 5.32 Å². The Bertz CT molecular complexity index is 539. The van der Waals surface area contributed by atoms with Crippen molar-refractivity contribution >= 4 is 18.3 Å². The quantitative estimate of drug-likeness (QED) is 0.786. The summed E-state index contributed by atoms with van der Waals surface area (Å²) in [4.78, 5) is 12.2. The van der Waals surface area contributed by atoms with Crippen molar-refractivity contribution in [2.24, 2.45) is 11.7 Å². The van der Waals surface area contributed by atoms with Crippen molar-refractivity contribution in [3.05, 3.63) is 23.8 Å². The van der Waals surface area contributed by atoms with Crippen LogP contribution in [0.3, 0.4) is 0 Å². The molecule has 1 unspecified atom stereocenters. The third-order valence-corrected chi connectivity index (χ3v) is 4.53.